The summed E-state index contributed by atoms with van der Waals surface area (Å²) in [6.07, 6.45) is 1.47. The van der Waals surface area contributed by atoms with Gasteiger partial charge in [-0.15, -0.1) is 0 Å². The van der Waals surface area contributed by atoms with E-state index >= 15 is 0 Å². The minimum Gasteiger partial charge on any atom is -0.399 e. The maximum absolute atomic E-state index is 12.5. The van der Waals surface area contributed by atoms with Crippen LogP contribution in [0.3, 0.4) is 0 Å². The van der Waals surface area contributed by atoms with Gasteiger partial charge in [0.1, 0.15) is 11.3 Å². The predicted molar refractivity (Wildman–Crippen MR) is 77.1 cm³/mol. The molecule has 0 aliphatic heterocycles. The van der Waals surface area contributed by atoms with Crippen LogP contribution in [0.1, 0.15) is 35.5 Å². The Hall–Kier alpha value is -2.30. The quantitative estimate of drug-likeness (QED) is 0.869. The van der Waals surface area contributed by atoms with Crippen molar-refractivity contribution in [1.29, 1.82) is 0 Å². The van der Waals surface area contributed by atoms with E-state index in [9.17, 15) is 4.79 Å². The van der Waals surface area contributed by atoms with E-state index in [0.29, 0.717) is 23.6 Å². The number of hydrogen-bond acceptors (Lipinski definition) is 4. The molecule has 5 nitrogen and oxygen atoms in total. The highest BCUT2D eigenvalue weighted by atomic mass is 16.5. The number of rotatable bonds is 4. The van der Waals surface area contributed by atoms with Crippen LogP contribution in [0.25, 0.3) is 0 Å². The highest BCUT2D eigenvalue weighted by Gasteiger charge is 2.22. The first-order valence-corrected chi connectivity index (χ1v) is 6.55. The average Bonchev–Trinajstić information content (AvgIpc) is 2.83. The summed E-state index contributed by atoms with van der Waals surface area (Å²) in [7, 11) is 0. The lowest BCUT2D eigenvalue weighted by Gasteiger charge is -2.26. The Balaban J connectivity index is 2.21. The number of carbonyl (C=O) groups is 1. The van der Waals surface area contributed by atoms with Crippen molar-refractivity contribution in [1.82, 2.24) is 10.1 Å². The summed E-state index contributed by atoms with van der Waals surface area (Å²) in [5.41, 5.74) is 7.93. The molecule has 106 valence electrons. The summed E-state index contributed by atoms with van der Waals surface area (Å²) < 4.78 is 4.97. The Labute approximate surface area is 118 Å². The molecule has 1 aromatic carbocycles. The zero-order valence-electron chi connectivity index (χ0n) is 12.0. The lowest BCUT2D eigenvalue weighted by atomic mass is 10.1. The minimum atomic E-state index is -0.0735. The van der Waals surface area contributed by atoms with E-state index in [1.165, 1.54) is 6.20 Å². The molecule has 2 rings (SSSR count). The lowest BCUT2D eigenvalue weighted by Crippen LogP contribution is -2.36. The van der Waals surface area contributed by atoms with E-state index in [-0.39, 0.29) is 11.9 Å². The Morgan fingerprint density at radius 2 is 2.00 bits per heavy atom. The van der Waals surface area contributed by atoms with Gasteiger partial charge in [-0.2, -0.15) is 0 Å². The van der Waals surface area contributed by atoms with Crippen molar-refractivity contribution in [2.45, 2.75) is 33.4 Å². The Bertz CT molecular complexity index is 587. The van der Waals surface area contributed by atoms with Crippen LogP contribution in [0.2, 0.25) is 0 Å². The molecule has 0 radical (unpaired) electrons. The van der Waals surface area contributed by atoms with Gasteiger partial charge in [0.25, 0.3) is 5.91 Å². The molecule has 1 aromatic heterocycles. The first-order valence-electron chi connectivity index (χ1n) is 6.55. The van der Waals surface area contributed by atoms with Gasteiger partial charge in [-0.25, -0.2) is 0 Å². The zero-order valence-corrected chi connectivity index (χ0v) is 12.0. The Morgan fingerprint density at radius 1 is 1.35 bits per heavy atom. The van der Waals surface area contributed by atoms with Crippen molar-refractivity contribution >= 4 is 11.6 Å². The second-order valence-corrected chi connectivity index (χ2v) is 5.06. The molecule has 0 unspecified atom stereocenters. The topological polar surface area (TPSA) is 72.4 Å². The van der Waals surface area contributed by atoms with Crippen molar-refractivity contribution in [3.8, 4) is 0 Å². The highest BCUT2D eigenvalue weighted by molar-refractivity contribution is 5.94. The van der Waals surface area contributed by atoms with Crippen LogP contribution in [-0.2, 0) is 6.54 Å². The fourth-order valence-electron chi connectivity index (χ4n) is 1.97. The fraction of sp³-hybridized carbons (Fsp3) is 0.333. The van der Waals surface area contributed by atoms with Gasteiger partial charge in [0.2, 0.25) is 0 Å². The van der Waals surface area contributed by atoms with E-state index in [1.54, 1.807) is 11.8 Å². The number of aromatic nitrogens is 1. The largest absolute Gasteiger partial charge is 0.399 e. The normalized spacial score (nSPS) is 10.8. The molecule has 0 spiro atoms. The SMILES string of the molecule is Cc1oncc1C(=O)N(Cc1ccc(N)cc1)C(C)C. The van der Waals surface area contributed by atoms with Crippen molar-refractivity contribution in [3.05, 3.63) is 47.3 Å². The van der Waals surface area contributed by atoms with Crippen LogP contribution in [-0.4, -0.2) is 22.0 Å². The van der Waals surface area contributed by atoms with Crippen LogP contribution in [0.5, 0.6) is 0 Å². The number of nitrogens with zero attached hydrogens (tertiary/aromatic N) is 2. The van der Waals surface area contributed by atoms with Gasteiger partial charge in [-0.1, -0.05) is 17.3 Å². The van der Waals surface area contributed by atoms with E-state index in [4.69, 9.17) is 10.3 Å². The zero-order chi connectivity index (χ0) is 14.7. The molecular formula is C15H19N3O2. The van der Waals surface area contributed by atoms with Gasteiger partial charge in [0, 0.05) is 18.3 Å². The molecule has 0 saturated carbocycles. The molecule has 0 atom stereocenters. The van der Waals surface area contributed by atoms with Crippen LogP contribution in [0, 0.1) is 6.92 Å². The molecule has 1 amide bonds. The second kappa shape index (κ2) is 5.77. The smallest absolute Gasteiger partial charge is 0.259 e. The third-order valence-electron chi connectivity index (χ3n) is 3.20. The number of anilines is 1. The maximum atomic E-state index is 12.5. The molecule has 0 bridgehead atoms. The molecule has 20 heavy (non-hydrogen) atoms. The van der Waals surface area contributed by atoms with Crippen LogP contribution in [0.4, 0.5) is 5.69 Å². The molecule has 2 aromatic rings. The number of nitrogens with two attached hydrogens (primary N) is 1. The van der Waals surface area contributed by atoms with E-state index < -0.39 is 0 Å². The van der Waals surface area contributed by atoms with Gasteiger partial charge >= 0.3 is 0 Å². The van der Waals surface area contributed by atoms with Gasteiger partial charge in [-0.05, 0) is 38.5 Å². The van der Waals surface area contributed by atoms with E-state index in [1.807, 2.05) is 38.1 Å². The van der Waals surface area contributed by atoms with Crippen LogP contribution < -0.4 is 5.73 Å². The third-order valence-corrected chi connectivity index (χ3v) is 3.20. The van der Waals surface area contributed by atoms with Crippen molar-refractivity contribution in [2.24, 2.45) is 0 Å². The van der Waals surface area contributed by atoms with Gasteiger partial charge < -0.3 is 15.2 Å². The van der Waals surface area contributed by atoms with Crippen molar-refractivity contribution in [2.75, 3.05) is 5.73 Å². The molecule has 5 heteroatoms. The Kier molecular flexibility index (Phi) is 4.08. The summed E-state index contributed by atoms with van der Waals surface area (Å²) >= 11 is 0. The number of benzene rings is 1. The van der Waals surface area contributed by atoms with Gasteiger partial charge in [0.05, 0.1) is 6.20 Å². The summed E-state index contributed by atoms with van der Waals surface area (Å²) in [5.74, 6) is 0.466. The molecular weight excluding hydrogens is 254 g/mol. The standard InChI is InChI=1S/C15H19N3O2/c1-10(2)18(9-12-4-6-13(16)7-5-12)15(19)14-8-17-20-11(14)3/h4-8,10H,9,16H2,1-3H3. The second-order valence-electron chi connectivity index (χ2n) is 5.06. The number of hydrogen-bond donors (Lipinski definition) is 1. The maximum Gasteiger partial charge on any atom is 0.259 e. The molecule has 0 fully saturated rings. The highest BCUT2D eigenvalue weighted by Crippen LogP contribution is 2.16. The van der Waals surface area contributed by atoms with E-state index in [2.05, 4.69) is 5.16 Å². The molecule has 0 aliphatic carbocycles. The average molecular weight is 273 g/mol. The molecule has 0 saturated heterocycles. The van der Waals surface area contributed by atoms with Crippen LogP contribution >= 0.6 is 0 Å². The summed E-state index contributed by atoms with van der Waals surface area (Å²) in [4.78, 5) is 14.3. The molecule has 1 heterocycles. The summed E-state index contributed by atoms with van der Waals surface area (Å²) in [6.45, 7) is 6.24. The molecule has 0 aliphatic rings. The summed E-state index contributed by atoms with van der Waals surface area (Å²) in [5, 5.41) is 3.66. The van der Waals surface area contributed by atoms with Crippen molar-refractivity contribution < 1.29 is 9.32 Å². The minimum absolute atomic E-state index is 0.0735. The summed E-state index contributed by atoms with van der Waals surface area (Å²) in [6, 6.07) is 7.61. The van der Waals surface area contributed by atoms with Crippen LogP contribution in [0.15, 0.2) is 35.0 Å². The molecule has 2 N–H and O–H groups in total. The number of nitrogen functional groups attached to an aromatic ring is 1. The number of carbonyl (C=O) groups excluding carboxylic acids is 1. The Morgan fingerprint density at radius 3 is 2.50 bits per heavy atom. The monoisotopic (exact) mass is 273 g/mol. The first kappa shape index (κ1) is 14.1. The lowest BCUT2D eigenvalue weighted by molar-refractivity contribution is 0.0688. The first-order chi connectivity index (χ1) is 9.49. The number of amides is 1. The number of aryl methyl sites for hydroxylation is 1. The van der Waals surface area contributed by atoms with Crippen molar-refractivity contribution in [3.63, 3.8) is 0 Å². The van der Waals surface area contributed by atoms with Gasteiger partial charge in [-0.3, -0.25) is 4.79 Å². The fourth-order valence-corrected chi connectivity index (χ4v) is 1.97. The third kappa shape index (κ3) is 2.99. The predicted octanol–water partition coefficient (Wildman–Crippen LogP) is 2.62. The van der Waals surface area contributed by atoms with E-state index in [0.717, 1.165) is 5.56 Å². The van der Waals surface area contributed by atoms with Gasteiger partial charge in [0.15, 0.2) is 0 Å².